The van der Waals surface area contributed by atoms with Gasteiger partial charge in [-0.25, -0.2) is 9.18 Å². The van der Waals surface area contributed by atoms with Crippen LogP contribution in [0.3, 0.4) is 0 Å². The number of ether oxygens (including phenoxy) is 1. The molecule has 2 N–H and O–H groups in total. The Morgan fingerprint density at radius 1 is 1.47 bits per heavy atom. The molecule has 106 valence electrons. The molecule has 1 aromatic rings. The van der Waals surface area contributed by atoms with Crippen molar-refractivity contribution in [2.75, 3.05) is 12.4 Å². The van der Waals surface area contributed by atoms with Crippen LogP contribution in [0, 0.1) is 5.82 Å². The Balaban J connectivity index is 2.71. The number of amides is 1. The first kappa shape index (κ1) is 15.4. The number of rotatable bonds is 3. The molecule has 1 aromatic carbocycles. The van der Waals surface area contributed by atoms with Crippen LogP contribution in [0.2, 0.25) is 0 Å². The van der Waals surface area contributed by atoms with Gasteiger partial charge in [0.1, 0.15) is 11.4 Å². The molecule has 5 nitrogen and oxygen atoms in total. The predicted octanol–water partition coefficient (Wildman–Crippen LogP) is 2.99. The van der Waals surface area contributed by atoms with Gasteiger partial charge in [-0.05, 0) is 32.9 Å². The molecule has 0 spiro atoms. The van der Waals surface area contributed by atoms with Crippen LogP contribution < -0.4 is 5.32 Å². The summed E-state index contributed by atoms with van der Waals surface area (Å²) in [5.41, 5.74) is 0.0261. The van der Waals surface area contributed by atoms with Gasteiger partial charge in [0.05, 0.1) is 6.54 Å². The van der Waals surface area contributed by atoms with E-state index in [9.17, 15) is 9.18 Å². The first-order chi connectivity index (χ1) is 8.67. The molecular weight excluding hydrogens is 251 g/mol. The number of anilines is 1. The number of hydroxylamine groups is 2. The third kappa shape index (κ3) is 5.67. The SMILES string of the molecule is CN(O)Cc1ccc(NC(=O)OC(C)(C)C)cc1F. The molecule has 0 unspecified atom stereocenters. The fraction of sp³-hybridized carbons (Fsp3) is 0.462. The van der Waals surface area contributed by atoms with Gasteiger partial charge < -0.3 is 9.94 Å². The lowest BCUT2D eigenvalue weighted by Crippen LogP contribution is -2.27. The zero-order valence-corrected chi connectivity index (χ0v) is 11.5. The molecule has 6 heteroatoms. The highest BCUT2D eigenvalue weighted by molar-refractivity contribution is 5.84. The summed E-state index contributed by atoms with van der Waals surface area (Å²) in [5.74, 6) is -0.505. The molecule has 0 bridgehead atoms. The number of carbonyl (C=O) groups is 1. The number of halogens is 1. The Morgan fingerprint density at radius 3 is 2.58 bits per heavy atom. The smallest absolute Gasteiger partial charge is 0.412 e. The molecule has 0 atom stereocenters. The van der Waals surface area contributed by atoms with Crippen LogP contribution in [-0.4, -0.2) is 29.0 Å². The van der Waals surface area contributed by atoms with Gasteiger partial charge >= 0.3 is 6.09 Å². The van der Waals surface area contributed by atoms with E-state index in [4.69, 9.17) is 9.94 Å². The summed E-state index contributed by atoms with van der Waals surface area (Å²) in [7, 11) is 1.42. The highest BCUT2D eigenvalue weighted by Gasteiger charge is 2.16. The van der Waals surface area contributed by atoms with Crippen LogP contribution in [0.15, 0.2) is 18.2 Å². The summed E-state index contributed by atoms with van der Waals surface area (Å²) in [6, 6.07) is 4.23. The molecule has 0 aliphatic rings. The minimum atomic E-state index is -0.640. The molecule has 0 aromatic heterocycles. The maximum Gasteiger partial charge on any atom is 0.412 e. The van der Waals surface area contributed by atoms with E-state index in [1.807, 2.05) is 0 Å². The molecular formula is C13H19FN2O3. The fourth-order valence-electron chi connectivity index (χ4n) is 1.42. The van der Waals surface area contributed by atoms with Crippen LogP contribution in [0.1, 0.15) is 26.3 Å². The van der Waals surface area contributed by atoms with Crippen LogP contribution >= 0.6 is 0 Å². The number of hydrogen-bond donors (Lipinski definition) is 2. The van der Waals surface area contributed by atoms with Gasteiger partial charge in [0.25, 0.3) is 0 Å². The lowest BCUT2D eigenvalue weighted by atomic mass is 10.2. The van der Waals surface area contributed by atoms with Gasteiger partial charge in [-0.2, -0.15) is 5.06 Å². The zero-order valence-electron chi connectivity index (χ0n) is 11.5. The molecule has 0 radical (unpaired) electrons. The monoisotopic (exact) mass is 270 g/mol. The van der Waals surface area contributed by atoms with E-state index in [1.165, 1.54) is 19.2 Å². The van der Waals surface area contributed by atoms with Crippen molar-refractivity contribution in [3.05, 3.63) is 29.6 Å². The predicted molar refractivity (Wildman–Crippen MR) is 69.5 cm³/mol. The number of benzene rings is 1. The van der Waals surface area contributed by atoms with Crippen molar-refractivity contribution in [2.45, 2.75) is 32.9 Å². The molecule has 1 rings (SSSR count). The third-order valence-corrected chi connectivity index (χ3v) is 2.10. The molecule has 0 fully saturated rings. The van der Waals surface area contributed by atoms with Crippen molar-refractivity contribution in [3.8, 4) is 0 Å². The lowest BCUT2D eigenvalue weighted by molar-refractivity contribution is -0.0738. The third-order valence-electron chi connectivity index (χ3n) is 2.10. The van der Waals surface area contributed by atoms with E-state index in [2.05, 4.69) is 5.32 Å². The van der Waals surface area contributed by atoms with Crippen LogP contribution in [0.25, 0.3) is 0 Å². The Hall–Kier alpha value is -1.66. The summed E-state index contributed by atoms with van der Waals surface area (Å²) >= 11 is 0. The molecule has 0 heterocycles. The molecule has 0 saturated heterocycles. The lowest BCUT2D eigenvalue weighted by Gasteiger charge is -2.19. The normalized spacial score (nSPS) is 11.5. The minimum Gasteiger partial charge on any atom is -0.444 e. The van der Waals surface area contributed by atoms with Gasteiger partial charge in [0, 0.05) is 18.3 Å². The second-order valence-electron chi connectivity index (χ2n) is 5.25. The van der Waals surface area contributed by atoms with E-state index in [0.29, 0.717) is 11.3 Å². The zero-order chi connectivity index (χ0) is 14.6. The Labute approximate surface area is 111 Å². The van der Waals surface area contributed by atoms with Gasteiger partial charge in [-0.3, -0.25) is 5.32 Å². The summed E-state index contributed by atoms with van der Waals surface area (Å²) in [5, 5.41) is 12.4. The van der Waals surface area contributed by atoms with Crippen molar-refractivity contribution in [2.24, 2.45) is 0 Å². The summed E-state index contributed by atoms with van der Waals surface area (Å²) in [6.07, 6.45) is -0.640. The van der Waals surface area contributed by atoms with Crippen molar-refractivity contribution >= 4 is 11.8 Å². The molecule has 0 aliphatic carbocycles. The summed E-state index contributed by atoms with van der Waals surface area (Å²) in [4.78, 5) is 11.5. The van der Waals surface area contributed by atoms with E-state index in [1.54, 1.807) is 26.8 Å². The van der Waals surface area contributed by atoms with Gasteiger partial charge in [0.15, 0.2) is 0 Å². The Bertz CT molecular complexity index is 456. The number of hydrogen-bond acceptors (Lipinski definition) is 4. The van der Waals surface area contributed by atoms with E-state index in [-0.39, 0.29) is 6.54 Å². The maximum absolute atomic E-state index is 13.7. The largest absolute Gasteiger partial charge is 0.444 e. The first-order valence-corrected chi connectivity index (χ1v) is 5.86. The van der Waals surface area contributed by atoms with E-state index >= 15 is 0 Å². The summed E-state index contributed by atoms with van der Waals surface area (Å²) in [6.45, 7) is 5.30. The Kier molecular flexibility index (Phi) is 4.85. The van der Waals surface area contributed by atoms with Crippen LogP contribution in [0.5, 0.6) is 0 Å². The fourth-order valence-corrected chi connectivity index (χ4v) is 1.42. The van der Waals surface area contributed by atoms with Crippen molar-refractivity contribution in [1.82, 2.24) is 5.06 Å². The molecule has 19 heavy (non-hydrogen) atoms. The second kappa shape index (κ2) is 5.99. The quantitative estimate of drug-likeness (QED) is 0.829. The number of nitrogens with zero attached hydrogens (tertiary/aromatic N) is 1. The number of carbonyl (C=O) groups excluding carboxylic acids is 1. The molecule has 0 aliphatic heterocycles. The van der Waals surface area contributed by atoms with Gasteiger partial charge in [-0.1, -0.05) is 6.07 Å². The first-order valence-electron chi connectivity index (χ1n) is 5.86. The average Bonchev–Trinajstić information content (AvgIpc) is 2.18. The van der Waals surface area contributed by atoms with Crippen LogP contribution in [-0.2, 0) is 11.3 Å². The standard InChI is InChI=1S/C13H19FN2O3/c1-13(2,3)19-12(17)15-10-6-5-9(8-16(4)18)11(14)7-10/h5-7,18H,8H2,1-4H3,(H,15,17). The second-order valence-corrected chi connectivity index (χ2v) is 5.25. The Morgan fingerprint density at radius 2 is 2.11 bits per heavy atom. The van der Waals surface area contributed by atoms with E-state index < -0.39 is 17.5 Å². The van der Waals surface area contributed by atoms with Crippen molar-refractivity contribution in [1.29, 1.82) is 0 Å². The minimum absolute atomic E-state index is 0.0680. The topological polar surface area (TPSA) is 61.8 Å². The number of nitrogens with one attached hydrogen (secondary N) is 1. The highest BCUT2D eigenvalue weighted by atomic mass is 19.1. The highest BCUT2D eigenvalue weighted by Crippen LogP contribution is 2.17. The molecule has 1 amide bonds. The van der Waals surface area contributed by atoms with Crippen molar-refractivity contribution in [3.63, 3.8) is 0 Å². The maximum atomic E-state index is 13.7. The molecule has 0 saturated carbocycles. The average molecular weight is 270 g/mol. The van der Waals surface area contributed by atoms with Crippen molar-refractivity contribution < 1.29 is 19.1 Å². The van der Waals surface area contributed by atoms with E-state index in [0.717, 1.165) is 5.06 Å². The van der Waals surface area contributed by atoms with Gasteiger partial charge in [-0.15, -0.1) is 0 Å². The van der Waals surface area contributed by atoms with Crippen LogP contribution in [0.4, 0.5) is 14.9 Å². The van der Waals surface area contributed by atoms with Gasteiger partial charge in [0.2, 0.25) is 0 Å². The summed E-state index contributed by atoms with van der Waals surface area (Å²) < 4.78 is 18.7.